The molecule has 2 aromatic rings. The van der Waals surface area contributed by atoms with Crippen LogP contribution in [0.2, 0.25) is 0 Å². The average molecular weight is 279 g/mol. The van der Waals surface area contributed by atoms with Gasteiger partial charge in [-0.15, -0.1) is 0 Å². The summed E-state index contributed by atoms with van der Waals surface area (Å²) in [6.07, 6.45) is 0.842. The van der Waals surface area contributed by atoms with Crippen molar-refractivity contribution in [1.29, 1.82) is 0 Å². The molecule has 0 N–H and O–H groups in total. The highest BCUT2D eigenvalue weighted by atomic mass is 19.1. The van der Waals surface area contributed by atoms with Crippen LogP contribution in [-0.2, 0) is 4.74 Å². The fourth-order valence-corrected chi connectivity index (χ4v) is 1.86. The molecule has 0 aliphatic heterocycles. The van der Waals surface area contributed by atoms with Crippen LogP contribution in [0, 0.1) is 12.7 Å². The average Bonchev–Trinajstić information content (AvgIpc) is 2.64. The van der Waals surface area contributed by atoms with Crippen molar-refractivity contribution in [2.45, 2.75) is 33.3 Å². The van der Waals surface area contributed by atoms with Crippen molar-refractivity contribution in [2.75, 3.05) is 11.9 Å². The lowest BCUT2D eigenvalue weighted by Crippen LogP contribution is -2.34. The van der Waals surface area contributed by atoms with E-state index in [0.717, 1.165) is 0 Å². The van der Waals surface area contributed by atoms with Crippen molar-refractivity contribution in [3.8, 4) is 0 Å². The van der Waals surface area contributed by atoms with E-state index in [1.807, 2.05) is 0 Å². The van der Waals surface area contributed by atoms with Gasteiger partial charge in [-0.3, -0.25) is 9.30 Å². The van der Waals surface area contributed by atoms with Crippen LogP contribution in [0.1, 0.15) is 26.5 Å². The summed E-state index contributed by atoms with van der Waals surface area (Å²) < 4.78 is 20.1. The first-order chi connectivity index (χ1) is 9.19. The molecule has 2 aromatic heterocycles. The monoisotopic (exact) mass is 279 g/mol. The topological polar surface area (TPSA) is 46.8 Å². The molecule has 2 heterocycles. The first-order valence-electron chi connectivity index (χ1n) is 6.30. The van der Waals surface area contributed by atoms with Crippen LogP contribution in [0.5, 0.6) is 0 Å². The molecule has 0 saturated heterocycles. The SMILES string of the molecule is Cc1c(N(C)C(=O)OC(C)(C)C)nc2ccc(F)cn12. The highest BCUT2D eigenvalue weighted by Crippen LogP contribution is 2.22. The van der Waals surface area contributed by atoms with Crippen molar-refractivity contribution >= 4 is 17.6 Å². The Kier molecular flexibility index (Phi) is 3.41. The molecule has 0 saturated carbocycles. The van der Waals surface area contributed by atoms with Gasteiger partial charge in [-0.05, 0) is 39.8 Å². The van der Waals surface area contributed by atoms with Crippen molar-refractivity contribution < 1.29 is 13.9 Å². The van der Waals surface area contributed by atoms with Gasteiger partial charge in [0.25, 0.3) is 0 Å². The lowest BCUT2D eigenvalue weighted by Gasteiger charge is -2.23. The van der Waals surface area contributed by atoms with Gasteiger partial charge in [0.05, 0.1) is 5.69 Å². The molecule has 0 aliphatic carbocycles. The lowest BCUT2D eigenvalue weighted by molar-refractivity contribution is 0.0588. The first-order valence-corrected chi connectivity index (χ1v) is 6.30. The molecular weight excluding hydrogens is 261 g/mol. The Hall–Kier alpha value is -2.11. The quantitative estimate of drug-likeness (QED) is 0.805. The van der Waals surface area contributed by atoms with E-state index in [9.17, 15) is 9.18 Å². The maximum absolute atomic E-state index is 13.3. The Bertz CT molecular complexity index is 658. The summed E-state index contributed by atoms with van der Waals surface area (Å²) in [6, 6.07) is 2.90. The lowest BCUT2D eigenvalue weighted by atomic mass is 10.2. The molecule has 0 fully saturated rings. The number of ether oxygens (including phenoxy) is 1. The Labute approximate surface area is 117 Å². The van der Waals surface area contributed by atoms with Crippen LogP contribution in [0.4, 0.5) is 15.0 Å². The van der Waals surface area contributed by atoms with E-state index in [2.05, 4.69) is 4.98 Å². The predicted octanol–water partition coefficient (Wildman–Crippen LogP) is 3.15. The fourth-order valence-electron chi connectivity index (χ4n) is 1.86. The minimum absolute atomic E-state index is 0.357. The Morgan fingerprint density at radius 1 is 1.40 bits per heavy atom. The number of anilines is 1. The van der Waals surface area contributed by atoms with Crippen molar-refractivity contribution in [2.24, 2.45) is 0 Å². The second-order valence-corrected chi connectivity index (χ2v) is 5.64. The van der Waals surface area contributed by atoms with Crippen LogP contribution in [0.3, 0.4) is 0 Å². The largest absolute Gasteiger partial charge is 0.443 e. The molecular formula is C14H18FN3O2. The predicted molar refractivity (Wildman–Crippen MR) is 74.5 cm³/mol. The molecule has 2 rings (SSSR count). The second-order valence-electron chi connectivity index (χ2n) is 5.64. The van der Waals surface area contributed by atoms with E-state index in [0.29, 0.717) is 17.2 Å². The molecule has 0 aliphatic rings. The molecule has 0 spiro atoms. The van der Waals surface area contributed by atoms with Gasteiger partial charge in [0, 0.05) is 13.2 Å². The Morgan fingerprint density at radius 3 is 2.65 bits per heavy atom. The molecule has 0 unspecified atom stereocenters. The van der Waals surface area contributed by atoms with E-state index in [-0.39, 0.29) is 5.82 Å². The second kappa shape index (κ2) is 4.77. The normalized spacial score (nSPS) is 11.7. The van der Waals surface area contributed by atoms with Gasteiger partial charge in [0.2, 0.25) is 0 Å². The molecule has 0 radical (unpaired) electrons. The molecule has 20 heavy (non-hydrogen) atoms. The van der Waals surface area contributed by atoms with Gasteiger partial charge in [0.1, 0.15) is 17.1 Å². The van der Waals surface area contributed by atoms with Gasteiger partial charge < -0.3 is 4.74 Å². The van der Waals surface area contributed by atoms with E-state index in [1.165, 1.54) is 17.2 Å². The molecule has 0 aromatic carbocycles. The molecule has 5 nitrogen and oxygen atoms in total. The number of pyridine rings is 1. The number of halogens is 1. The number of aromatic nitrogens is 2. The molecule has 0 atom stereocenters. The van der Waals surface area contributed by atoms with Crippen LogP contribution in [-0.4, -0.2) is 28.1 Å². The summed E-state index contributed by atoms with van der Waals surface area (Å²) in [5.74, 6) is 0.0920. The highest BCUT2D eigenvalue weighted by molar-refractivity contribution is 5.87. The summed E-state index contributed by atoms with van der Waals surface area (Å²) in [6.45, 7) is 7.16. The number of imidazole rings is 1. The standard InChI is InChI=1S/C14H18FN3O2/c1-9-12(17(5)13(19)20-14(2,3)4)16-11-7-6-10(15)8-18(9)11/h6-8H,1-5H3. The van der Waals surface area contributed by atoms with E-state index < -0.39 is 11.7 Å². The van der Waals surface area contributed by atoms with Gasteiger partial charge in [-0.25, -0.2) is 14.2 Å². The molecule has 108 valence electrons. The zero-order chi connectivity index (χ0) is 15.1. The summed E-state index contributed by atoms with van der Waals surface area (Å²) in [7, 11) is 1.58. The van der Waals surface area contributed by atoms with E-state index >= 15 is 0 Å². The summed E-state index contributed by atoms with van der Waals surface area (Å²) in [4.78, 5) is 17.7. The Balaban J connectivity index is 2.37. The van der Waals surface area contributed by atoms with E-state index in [4.69, 9.17) is 4.74 Å². The number of hydrogen-bond donors (Lipinski definition) is 0. The number of carbonyl (C=O) groups excluding carboxylic acids is 1. The van der Waals surface area contributed by atoms with Crippen LogP contribution in [0.25, 0.3) is 5.65 Å². The van der Waals surface area contributed by atoms with Crippen molar-refractivity contribution in [3.63, 3.8) is 0 Å². The maximum atomic E-state index is 13.3. The minimum atomic E-state index is -0.579. The van der Waals surface area contributed by atoms with Crippen LogP contribution >= 0.6 is 0 Å². The number of nitrogens with zero attached hydrogens (tertiary/aromatic N) is 3. The van der Waals surface area contributed by atoms with Crippen molar-refractivity contribution in [3.05, 3.63) is 29.8 Å². The summed E-state index contributed by atoms with van der Waals surface area (Å²) in [5, 5.41) is 0. The number of amides is 1. The van der Waals surface area contributed by atoms with Crippen LogP contribution < -0.4 is 4.90 Å². The molecule has 6 heteroatoms. The van der Waals surface area contributed by atoms with Gasteiger partial charge in [-0.1, -0.05) is 0 Å². The zero-order valence-corrected chi connectivity index (χ0v) is 12.3. The third-order valence-corrected chi connectivity index (χ3v) is 2.78. The fraction of sp³-hybridized carbons (Fsp3) is 0.429. The summed E-state index contributed by atoms with van der Waals surface area (Å²) in [5.41, 5.74) is 0.673. The third-order valence-electron chi connectivity index (χ3n) is 2.78. The van der Waals surface area contributed by atoms with E-state index in [1.54, 1.807) is 45.2 Å². The molecule has 1 amide bonds. The number of carbonyl (C=O) groups is 1. The van der Waals surface area contributed by atoms with Crippen molar-refractivity contribution in [1.82, 2.24) is 9.38 Å². The highest BCUT2D eigenvalue weighted by Gasteiger charge is 2.24. The zero-order valence-electron chi connectivity index (χ0n) is 12.3. The molecule has 0 bridgehead atoms. The smallest absolute Gasteiger partial charge is 0.415 e. The van der Waals surface area contributed by atoms with Gasteiger partial charge in [-0.2, -0.15) is 0 Å². The first kappa shape index (κ1) is 14.3. The maximum Gasteiger partial charge on any atom is 0.415 e. The minimum Gasteiger partial charge on any atom is -0.443 e. The number of rotatable bonds is 1. The number of fused-ring (bicyclic) bond motifs is 1. The number of hydrogen-bond acceptors (Lipinski definition) is 3. The third kappa shape index (κ3) is 2.74. The van der Waals surface area contributed by atoms with Crippen LogP contribution in [0.15, 0.2) is 18.3 Å². The van der Waals surface area contributed by atoms with Gasteiger partial charge in [0.15, 0.2) is 5.82 Å². The number of aryl methyl sites for hydroxylation is 1. The van der Waals surface area contributed by atoms with Gasteiger partial charge >= 0.3 is 6.09 Å². The Morgan fingerprint density at radius 2 is 2.05 bits per heavy atom. The summed E-state index contributed by atoms with van der Waals surface area (Å²) >= 11 is 0.